The van der Waals surface area contributed by atoms with Crippen LogP contribution in [-0.4, -0.2) is 18.6 Å². The first-order valence-corrected chi connectivity index (χ1v) is 6.52. The van der Waals surface area contributed by atoms with Crippen molar-refractivity contribution >= 4 is 5.82 Å². The zero-order valence-corrected chi connectivity index (χ0v) is 11.9. The molecule has 2 aromatic rings. The van der Waals surface area contributed by atoms with Crippen molar-refractivity contribution in [1.82, 2.24) is 4.98 Å². The number of hydrogen-bond donors (Lipinski definition) is 1. The first-order chi connectivity index (χ1) is 9.15. The quantitative estimate of drug-likeness (QED) is 0.903. The van der Waals surface area contributed by atoms with E-state index >= 15 is 0 Å². The fourth-order valence-corrected chi connectivity index (χ4v) is 2.15. The average molecular weight is 256 g/mol. The first kappa shape index (κ1) is 13.4. The lowest BCUT2D eigenvalue weighted by atomic mass is 10.0. The molecule has 0 spiro atoms. The minimum absolute atomic E-state index is 0.872. The number of nitrogens with zero attached hydrogens (tertiary/aromatic N) is 1. The molecule has 1 N–H and O–H groups in total. The SMILES string of the molecule is CCNc1cccc(-c2cc(C)c(OC)cc2C)n1. The highest BCUT2D eigenvalue weighted by Crippen LogP contribution is 2.29. The second-order valence-electron chi connectivity index (χ2n) is 4.58. The number of benzene rings is 1. The third-order valence-corrected chi connectivity index (χ3v) is 3.12. The Kier molecular flexibility index (Phi) is 4.05. The molecule has 0 bridgehead atoms. The molecule has 1 heterocycles. The number of hydrogen-bond acceptors (Lipinski definition) is 3. The van der Waals surface area contributed by atoms with Crippen molar-refractivity contribution in [2.45, 2.75) is 20.8 Å². The standard InChI is InChI=1S/C16H20N2O/c1-5-17-16-8-6-7-14(18-16)13-9-12(3)15(19-4)10-11(13)2/h6-10H,5H2,1-4H3,(H,17,18). The number of methoxy groups -OCH3 is 1. The Morgan fingerprint density at radius 3 is 2.63 bits per heavy atom. The van der Waals surface area contributed by atoms with Crippen LogP contribution in [0.5, 0.6) is 5.75 Å². The topological polar surface area (TPSA) is 34.1 Å². The molecule has 0 atom stereocenters. The molecule has 0 radical (unpaired) electrons. The number of pyridine rings is 1. The summed E-state index contributed by atoms with van der Waals surface area (Å²) in [5.41, 5.74) is 4.43. The molecule has 0 saturated carbocycles. The van der Waals surface area contributed by atoms with Crippen LogP contribution in [0.15, 0.2) is 30.3 Å². The summed E-state index contributed by atoms with van der Waals surface area (Å²) in [6, 6.07) is 10.2. The molecule has 100 valence electrons. The second-order valence-corrected chi connectivity index (χ2v) is 4.58. The molecule has 1 aromatic heterocycles. The van der Waals surface area contributed by atoms with Crippen molar-refractivity contribution in [3.05, 3.63) is 41.5 Å². The predicted molar refractivity (Wildman–Crippen MR) is 79.9 cm³/mol. The van der Waals surface area contributed by atoms with E-state index in [0.29, 0.717) is 0 Å². The fraction of sp³-hybridized carbons (Fsp3) is 0.312. The van der Waals surface area contributed by atoms with Crippen LogP contribution in [0.1, 0.15) is 18.1 Å². The Hall–Kier alpha value is -2.03. The van der Waals surface area contributed by atoms with Gasteiger partial charge in [0.25, 0.3) is 0 Å². The Bertz CT molecular complexity index is 579. The summed E-state index contributed by atoms with van der Waals surface area (Å²) >= 11 is 0. The van der Waals surface area contributed by atoms with Crippen LogP contribution in [-0.2, 0) is 0 Å². The van der Waals surface area contributed by atoms with E-state index in [-0.39, 0.29) is 0 Å². The van der Waals surface area contributed by atoms with Gasteiger partial charge >= 0.3 is 0 Å². The molecule has 0 aliphatic heterocycles. The highest BCUT2D eigenvalue weighted by atomic mass is 16.5. The van der Waals surface area contributed by atoms with Gasteiger partial charge < -0.3 is 10.1 Å². The summed E-state index contributed by atoms with van der Waals surface area (Å²) in [5, 5.41) is 3.24. The van der Waals surface area contributed by atoms with Gasteiger partial charge in [-0.25, -0.2) is 4.98 Å². The Labute approximate surface area is 114 Å². The van der Waals surface area contributed by atoms with Gasteiger partial charge in [-0.15, -0.1) is 0 Å². The van der Waals surface area contributed by atoms with Crippen molar-refractivity contribution < 1.29 is 4.74 Å². The van der Waals surface area contributed by atoms with E-state index in [0.717, 1.165) is 34.9 Å². The van der Waals surface area contributed by atoms with Gasteiger partial charge in [0, 0.05) is 12.1 Å². The maximum atomic E-state index is 5.35. The summed E-state index contributed by atoms with van der Waals surface area (Å²) < 4.78 is 5.35. The van der Waals surface area contributed by atoms with Crippen molar-refractivity contribution in [1.29, 1.82) is 0 Å². The predicted octanol–water partition coefficient (Wildman–Crippen LogP) is 3.81. The second kappa shape index (κ2) is 5.74. The molecule has 0 aliphatic carbocycles. The summed E-state index contributed by atoms with van der Waals surface area (Å²) in [6.07, 6.45) is 0. The molecule has 0 fully saturated rings. The molecule has 0 amide bonds. The number of aromatic nitrogens is 1. The third-order valence-electron chi connectivity index (χ3n) is 3.12. The van der Waals surface area contributed by atoms with Crippen LogP contribution in [0, 0.1) is 13.8 Å². The molecule has 3 heteroatoms. The van der Waals surface area contributed by atoms with E-state index in [9.17, 15) is 0 Å². The Morgan fingerprint density at radius 2 is 1.95 bits per heavy atom. The smallest absolute Gasteiger partial charge is 0.126 e. The molecule has 2 rings (SSSR count). The summed E-state index contributed by atoms with van der Waals surface area (Å²) in [5.74, 6) is 1.83. The van der Waals surface area contributed by atoms with Crippen LogP contribution >= 0.6 is 0 Å². The Morgan fingerprint density at radius 1 is 1.16 bits per heavy atom. The van der Waals surface area contributed by atoms with Crippen LogP contribution in [0.25, 0.3) is 11.3 Å². The van der Waals surface area contributed by atoms with Gasteiger partial charge in [-0.3, -0.25) is 0 Å². The minimum Gasteiger partial charge on any atom is -0.496 e. The van der Waals surface area contributed by atoms with Gasteiger partial charge in [0.15, 0.2) is 0 Å². The number of aryl methyl sites for hydroxylation is 2. The van der Waals surface area contributed by atoms with Crippen molar-refractivity contribution in [2.24, 2.45) is 0 Å². The number of rotatable bonds is 4. The van der Waals surface area contributed by atoms with Crippen molar-refractivity contribution in [3.8, 4) is 17.0 Å². The van der Waals surface area contributed by atoms with Crippen molar-refractivity contribution in [3.63, 3.8) is 0 Å². The zero-order chi connectivity index (χ0) is 13.8. The molecule has 0 saturated heterocycles. The number of nitrogens with one attached hydrogen (secondary N) is 1. The number of anilines is 1. The van der Waals surface area contributed by atoms with Gasteiger partial charge in [-0.1, -0.05) is 6.07 Å². The molecular formula is C16H20N2O. The van der Waals surface area contributed by atoms with Crippen molar-refractivity contribution in [2.75, 3.05) is 19.0 Å². The molecule has 0 unspecified atom stereocenters. The van der Waals surface area contributed by atoms with E-state index in [1.54, 1.807) is 7.11 Å². The van der Waals surface area contributed by atoms with Gasteiger partial charge in [0.2, 0.25) is 0 Å². The van der Waals surface area contributed by atoms with E-state index in [2.05, 4.69) is 43.2 Å². The van der Waals surface area contributed by atoms with E-state index in [1.165, 1.54) is 5.56 Å². The molecule has 0 aliphatic rings. The summed E-state index contributed by atoms with van der Waals surface area (Å²) in [6.45, 7) is 7.07. The lowest BCUT2D eigenvalue weighted by Crippen LogP contribution is -2.00. The van der Waals surface area contributed by atoms with Crippen LogP contribution in [0.4, 0.5) is 5.82 Å². The van der Waals surface area contributed by atoms with Crippen LogP contribution < -0.4 is 10.1 Å². The zero-order valence-electron chi connectivity index (χ0n) is 11.9. The largest absolute Gasteiger partial charge is 0.496 e. The molecule has 3 nitrogen and oxygen atoms in total. The lowest BCUT2D eigenvalue weighted by Gasteiger charge is -2.12. The van der Waals surface area contributed by atoms with Gasteiger partial charge in [0.05, 0.1) is 12.8 Å². The van der Waals surface area contributed by atoms with E-state index in [1.807, 2.05) is 18.2 Å². The first-order valence-electron chi connectivity index (χ1n) is 6.52. The maximum Gasteiger partial charge on any atom is 0.126 e. The fourth-order valence-electron chi connectivity index (χ4n) is 2.15. The molecular weight excluding hydrogens is 236 g/mol. The molecule has 1 aromatic carbocycles. The van der Waals surface area contributed by atoms with E-state index < -0.39 is 0 Å². The number of ether oxygens (including phenoxy) is 1. The van der Waals surface area contributed by atoms with Crippen LogP contribution in [0.2, 0.25) is 0 Å². The maximum absolute atomic E-state index is 5.35. The van der Waals surface area contributed by atoms with E-state index in [4.69, 9.17) is 4.74 Å². The highest BCUT2D eigenvalue weighted by molar-refractivity contribution is 5.67. The third kappa shape index (κ3) is 2.87. The minimum atomic E-state index is 0.872. The summed E-state index contributed by atoms with van der Waals surface area (Å²) in [7, 11) is 1.70. The van der Waals surface area contributed by atoms with Gasteiger partial charge in [0.1, 0.15) is 11.6 Å². The monoisotopic (exact) mass is 256 g/mol. The Balaban J connectivity index is 2.46. The average Bonchev–Trinajstić information content (AvgIpc) is 2.41. The van der Waals surface area contributed by atoms with Gasteiger partial charge in [-0.05, 0) is 56.2 Å². The highest BCUT2D eigenvalue weighted by Gasteiger charge is 2.08. The van der Waals surface area contributed by atoms with Crippen LogP contribution in [0.3, 0.4) is 0 Å². The van der Waals surface area contributed by atoms with Gasteiger partial charge in [-0.2, -0.15) is 0 Å². The molecule has 19 heavy (non-hydrogen) atoms. The summed E-state index contributed by atoms with van der Waals surface area (Å²) in [4.78, 5) is 4.64. The lowest BCUT2D eigenvalue weighted by molar-refractivity contribution is 0.411. The normalized spacial score (nSPS) is 10.3.